The zero-order chi connectivity index (χ0) is 23.9. The van der Waals surface area contributed by atoms with Gasteiger partial charge in [0.2, 0.25) is 0 Å². The second kappa shape index (κ2) is 7.85. The Hall–Kier alpha value is -2.56. The van der Waals surface area contributed by atoms with E-state index in [1.807, 2.05) is 4.72 Å². The molecule has 0 aliphatic heterocycles. The van der Waals surface area contributed by atoms with Gasteiger partial charge >= 0.3 is 29.9 Å². The van der Waals surface area contributed by atoms with E-state index in [2.05, 4.69) is 4.98 Å². The van der Waals surface area contributed by atoms with Crippen molar-refractivity contribution in [2.24, 2.45) is 0 Å². The number of carbonyl (C=O) groups excluding carboxylic acids is 1. The summed E-state index contributed by atoms with van der Waals surface area (Å²) in [5.41, 5.74) is -0.788. The molecule has 1 heterocycles. The summed E-state index contributed by atoms with van der Waals surface area (Å²) in [5.74, 6) is -24.0. The van der Waals surface area contributed by atoms with Crippen LogP contribution in [0, 0.1) is 0 Å². The molecule has 0 spiro atoms. The van der Waals surface area contributed by atoms with Crippen molar-refractivity contribution in [2.75, 3.05) is 10.0 Å². The molecule has 0 unspecified atom stereocenters. The van der Waals surface area contributed by atoms with Gasteiger partial charge in [-0.3, -0.25) is 9.52 Å². The number of alkyl halides is 9. The number of hydrogen-bond acceptors (Lipinski definition) is 5. The van der Waals surface area contributed by atoms with Gasteiger partial charge < -0.3 is 5.32 Å². The Morgan fingerprint density at radius 2 is 1.45 bits per heavy atom. The molecule has 0 saturated carbocycles. The number of anilines is 2. The Balaban J connectivity index is 2.21. The number of rotatable bonds is 7. The Kier molecular flexibility index (Phi) is 6.25. The second-order valence-corrected chi connectivity index (χ2v) is 8.22. The first-order valence-electron chi connectivity index (χ1n) is 7.47. The number of sulfonamides is 1. The zero-order valence-electron chi connectivity index (χ0n) is 14.4. The van der Waals surface area contributed by atoms with Gasteiger partial charge in [-0.1, -0.05) is 0 Å². The highest BCUT2D eigenvalue weighted by Gasteiger charge is 2.83. The number of carbonyl (C=O) groups is 1. The summed E-state index contributed by atoms with van der Waals surface area (Å²) < 4.78 is 142. The summed E-state index contributed by atoms with van der Waals surface area (Å²) in [4.78, 5) is 14.5. The number of aromatic nitrogens is 1. The Labute approximate surface area is 171 Å². The molecule has 0 bridgehead atoms. The molecule has 1 aromatic carbocycles. The molecule has 172 valence electrons. The maximum Gasteiger partial charge on any atom is 0.460 e. The highest BCUT2D eigenvalue weighted by molar-refractivity contribution is 7.93. The predicted molar refractivity (Wildman–Crippen MR) is 88.9 cm³/mol. The summed E-state index contributed by atoms with van der Waals surface area (Å²) >= 11 is 0.911. The number of amides is 1. The van der Waals surface area contributed by atoms with E-state index >= 15 is 0 Å². The van der Waals surface area contributed by atoms with Crippen molar-refractivity contribution in [3.05, 3.63) is 35.8 Å². The number of halogens is 9. The quantitative estimate of drug-likeness (QED) is 0.553. The van der Waals surface area contributed by atoms with Gasteiger partial charge in [0, 0.05) is 17.3 Å². The van der Waals surface area contributed by atoms with E-state index in [4.69, 9.17) is 0 Å². The van der Waals surface area contributed by atoms with Crippen LogP contribution in [-0.2, 0) is 14.8 Å². The SMILES string of the molecule is O=C(Nc1ccc(S(=O)(=O)Nc2nccs2)cc1)C(F)(F)C(F)(F)C(F)(F)C(F)(F)F. The third kappa shape index (κ3) is 4.56. The molecule has 1 aromatic heterocycles. The minimum absolute atomic E-state index is 0.0372. The number of nitrogens with zero attached hydrogens (tertiary/aromatic N) is 1. The topological polar surface area (TPSA) is 88.2 Å². The van der Waals surface area contributed by atoms with Crippen LogP contribution in [0.2, 0.25) is 0 Å². The number of hydrogen-bond donors (Lipinski definition) is 2. The van der Waals surface area contributed by atoms with Crippen LogP contribution < -0.4 is 10.0 Å². The molecule has 17 heteroatoms. The molecule has 0 aliphatic carbocycles. The highest BCUT2D eigenvalue weighted by Crippen LogP contribution is 2.53. The Bertz CT molecular complexity index is 1040. The van der Waals surface area contributed by atoms with Crippen molar-refractivity contribution in [3.8, 4) is 0 Å². The van der Waals surface area contributed by atoms with Crippen LogP contribution in [0.1, 0.15) is 0 Å². The molecular weight excluding hydrogens is 493 g/mol. The van der Waals surface area contributed by atoms with E-state index in [9.17, 15) is 52.7 Å². The standard InChI is InChI=1S/C14H8F9N3O3S2/c15-11(16,12(17,18)13(19,20)14(21,22)23)9(27)25-7-1-3-8(4-2-7)31(28,29)26-10-24-5-6-30-10/h1-6H,(H,24,26)(H,25,27). The molecule has 0 atom stereocenters. The number of thiazole rings is 1. The zero-order valence-corrected chi connectivity index (χ0v) is 16.0. The van der Waals surface area contributed by atoms with E-state index in [1.165, 1.54) is 11.6 Å². The van der Waals surface area contributed by atoms with Crippen LogP contribution in [0.3, 0.4) is 0 Å². The van der Waals surface area contributed by atoms with Crippen LogP contribution in [-0.4, -0.2) is 43.3 Å². The van der Waals surface area contributed by atoms with E-state index in [1.54, 1.807) is 0 Å². The molecule has 2 aromatic rings. The van der Waals surface area contributed by atoms with Crippen LogP contribution in [0.4, 0.5) is 50.3 Å². The van der Waals surface area contributed by atoms with Crippen LogP contribution in [0.5, 0.6) is 0 Å². The largest absolute Gasteiger partial charge is 0.460 e. The molecule has 0 saturated heterocycles. The highest BCUT2D eigenvalue weighted by atomic mass is 32.2. The lowest BCUT2D eigenvalue weighted by Gasteiger charge is -2.32. The van der Waals surface area contributed by atoms with E-state index < -0.39 is 50.5 Å². The molecule has 0 radical (unpaired) electrons. The summed E-state index contributed by atoms with van der Waals surface area (Å²) in [6.07, 6.45) is -5.79. The van der Waals surface area contributed by atoms with Gasteiger partial charge in [0.25, 0.3) is 10.0 Å². The Morgan fingerprint density at radius 1 is 0.903 bits per heavy atom. The van der Waals surface area contributed by atoms with Crippen molar-refractivity contribution in [1.29, 1.82) is 0 Å². The minimum atomic E-state index is -7.22. The Morgan fingerprint density at radius 3 is 1.90 bits per heavy atom. The minimum Gasteiger partial charge on any atom is -0.321 e. The molecule has 31 heavy (non-hydrogen) atoms. The van der Waals surface area contributed by atoms with E-state index in [-0.39, 0.29) is 5.13 Å². The van der Waals surface area contributed by atoms with Crippen molar-refractivity contribution >= 4 is 38.1 Å². The lowest BCUT2D eigenvalue weighted by molar-refractivity contribution is -0.388. The van der Waals surface area contributed by atoms with Crippen molar-refractivity contribution in [1.82, 2.24) is 4.98 Å². The van der Waals surface area contributed by atoms with Crippen molar-refractivity contribution in [3.63, 3.8) is 0 Å². The van der Waals surface area contributed by atoms with Gasteiger partial charge in [-0.15, -0.1) is 11.3 Å². The monoisotopic (exact) mass is 501 g/mol. The third-order valence-corrected chi connectivity index (χ3v) is 5.68. The van der Waals surface area contributed by atoms with Crippen molar-refractivity contribution in [2.45, 2.75) is 28.8 Å². The molecule has 1 amide bonds. The fraction of sp³-hybridized carbons (Fsp3) is 0.286. The molecule has 0 aliphatic rings. The van der Waals surface area contributed by atoms with Gasteiger partial charge in [0.1, 0.15) is 0 Å². The van der Waals surface area contributed by atoms with Crippen molar-refractivity contribution < 1.29 is 52.7 Å². The molecular formula is C14H8F9N3O3S2. The summed E-state index contributed by atoms with van der Waals surface area (Å²) in [6.45, 7) is 0. The average molecular weight is 501 g/mol. The predicted octanol–water partition coefficient (Wildman–Crippen LogP) is 4.35. The molecule has 6 nitrogen and oxygen atoms in total. The lowest BCUT2D eigenvalue weighted by Crippen LogP contribution is -2.64. The fourth-order valence-corrected chi connectivity index (χ4v) is 3.68. The molecule has 2 rings (SSSR count). The molecule has 0 fully saturated rings. The van der Waals surface area contributed by atoms with Gasteiger partial charge in [0.05, 0.1) is 4.90 Å². The van der Waals surface area contributed by atoms with Crippen LogP contribution in [0.25, 0.3) is 0 Å². The van der Waals surface area contributed by atoms with E-state index in [0.29, 0.717) is 24.3 Å². The lowest BCUT2D eigenvalue weighted by atomic mass is 10.0. The van der Waals surface area contributed by atoms with Crippen LogP contribution >= 0.6 is 11.3 Å². The first-order valence-corrected chi connectivity index (χ1v) is 9.84. The first-order chi connectivity index (χ1) is 13.9. The third-order valence-electron chi connectivity index (χ3n) is 3.51. The number of nitrogens with one attached hydrogen (secondary N) is 2. The molecule has 2 N–H and O–H groups in total. The summed E-state index contributed by atoms with van der Waals surface area (Å²) in [5, 5.41) is 2.44. The number of benzene rings is 1. The van der Waals surface area contributed by atoms with Gasteiger partial charge in [-0.05, 0) is 24.3 Å². The van der Waals surface area contributed by atoms with Gasteiger partial charge in [0.15, 0.2) is 5.13 Å². The van der Waals surface area contributed by atoms with Crippen LogP contribution in [0.15, 0.2) is 40.7 Å². The smallest absolute Gasteiger partial charge is 0.321 e. The maximum atomic E-state index is 13.5. The first kappa shape index (κ1) is 24.7. The van der Waals surface area contributed by atoms with E-state index in [0.717, 1.165) is 16.7 Å². The van der Waals surface area contributed by atoms with Gasteiger partial charge in [-0.25, -0.2) is 13.4 Å². The van der Waals surface area contributed by atoms with Gasteiger partial charge in [-0.2, -0.15) is 39.5 Å². The average Bonchev–Trinajstić information content (AvgIpc) is 3.13. The maximum absolute atomic E-state index is 13.5. The summed E-state index contributed by atoms with van der Waals surface area (Å²) in [6, 6.07) is 2.66. The normalized spacial score (nSPS) is 13.7. The fourth-order valence-electron chi connectivity index (χ4n) is 1.89. The second-order valence-electron chi connectivity index (χ2n) is 5.64. The summed E-state index contributed by atoms with van der Waals surface area (Å²) in [7, 11) is -4.22.